The molecule has 3 heterocycles. The summed E-state index contributed by atoms with van der Waals surface area (Å²) in [5.41, 5.74) is -1.26. The van der Waals surface area contributed by atoms with Crippen molar-refractivity contribution in [2.24, 2.45) is 0 Å². The number of pyridine rings is 1. The molecule has 0 bridgehead atoms. The van der Waals surface area contributed by atoms with E-state index in [1.54, 1.807) is 12.1 Å². The minimum atomic E-state index is -3.74. The lowest BCUT2D eigenvalue weighted by atomic mass is 9.74. The Bertz CT molecular complexity index is 1120. The fourth-order valence-corrected chi connectivity index (χ4v) is 3.40. The van der Waals surface area contributed by atoms with Gasteiger partial charge >= 0.3 is 6.29 Å². The van der Waals surface area contributed by atoms with Crippen LogP contribution in [0, 0.1) is 0 Å². The highest BCUT2D eigenvalue weighted by atomic mass is 19.3. The summed E-state index contributed by atoms with van der Waals surface area (Å²) >= 11 is 0. The van der Waals surface area contributed by atoms with Gasteiger partial charge in [0.2, 0.25) is 5.88 Å². The number of H-pyrrole nitrogens is 1. The molecule has 1 fully saturated rings. The molecule has 0 amide bonds. The van der Waals surface area contributed by atoms with Gasteiger partial charge in [-0.3, -0.25) is 4.79 Å². The zero-order chi connectivity index (χ0) is 20.2. The van der Waals surface area contributed by atoms with Crippen molar-refractivity contribution in [1.29, 1.82) is 0 Å². The quantitative estimate of drug-likeness (QED) is 0.652. The van der Waals surface area contributed by atoms with Crippen LogP contribution in [-0.4, -0.2) is 22.5 Å². The van der Waals surface area contributed by atoms with Crippen molar-refractivity contribution in [3.63, 3.8) is 0 Å². The number of rotatable bonds is 4. The van der Waals surface area contributed by atoms with Gasteiger partial charge in [0, 0.05) is 30.7 Å². The Morgan fingerprint density at radius 1 is 1.07 bits per heavy atom. The highest BCUT2D eigenvalue weighted by molar-refractivity contribution is 5.55. The Kier molecular flexibility index (Phi) is 4.49. The second-order valence-corrected chi connectivity index (χ2v) is 6.90. The van der Waals surface area contributed by atoms with Gasteiger partial charge in [-0.1, -0.05) is 6.07 Å². The molecule has 1 aliphatic carbocycles. The highest BCUT2D eigenvalue weighted by Gasteiger charge is 2.50. The summed E-state index contributed by atoms with van der Waals surface area (Å²) in [5, 5.41) is 2.19. The van der Waals surface area contributed by atoms with Crippen molar-refractivity contribution in [2.45, 2.75) is 30.9 Å². The maximum Gasteiger partial charge on any atom is 0.586 e. The molecule has 0 atom stereocenters. The van der Waals surface area contributed by atoms with Crippen LogP contribution in [0.3, 0.4) is 0 Å². The van der Waals surface area contributed by atoms with Gasteiger partial charge < -0.3 is 24.9 Å². The predicted molar refractivity (Wildman–Crippen MR) is 96.7 cm³/mol. The normalized spacial score (nSPS) is 23.4. The molecule has 11 heteroatoms. The van der Waals surface area contributed by atoms with E-state index >= 15 is 4.39 Å². The van der Waals surface area contributed by atoms with Crippen LogP contribution < -0.4 is 25.9 Å². The van der Waals surface area contributed by atoms with E-state index in [4.69, 9.17) is 9.26 Å². The highest BCUT2D eigenvalue weighted by Crippen LogP contribution is 2.50. The molecule has 1 aromatic carbocycles. The van der Waals surface area contributed by atoms with E-state index < -0.39 is 18.1 Å². The smallest absolute Gasteiger partial charge is 0.474 e. The number of nitrogens with one attached hydrogen (secondary N) is 1. The SMILES string of the molecule is N.O=c1cc(-c2ccc(OC3CC(F)(c4ccc5c(c4)OC(F)(F)O5)C3)nc2)o[nH]1. The van der Waals surface area contributed by atoms with Crippen LogP contribution >= 0.6 is 0 Å². The van der Waals surface area contributed by atoms with Gasteiger partial charge in [0.1, 0.15) is 11.8 Å². The van der Waals surface area contributed by atoms with Crippen molar-refractivity contribution in [3.8, 4) is 28.7 Å². The van der Waals surface area contributed by atoms with Gasteiger partial charge in [-0.05, 0) is 23.8 Å². The zero-order valence-electron chi connectivity index (χ0n) is 15.4. The molecule has 0 radical (unpaired) electrons. The van der Waals surface area contributed by atoms with Crippen LogP contribution in [0.15, 0.2) is 51.9 Å². The molecule has 2 aromatic heterocycles. The van der Waals surface area contributed by atoms with Gasteiger partial charge in [0.15, 0.2) is 17.3 Å². The third kappa shape index (κ3) is 3.47. The monoisotopic (exact) mass is 423 g/mol. The first-order valence-electron chi connectivity index (χ1n) is 8.71. The summed E-state index contributed by atoms with van der Waals surface area (Å²) in [4.78, 5) is 15.2. The second kappa shape index (κ2) is 6.80. The van der Waals surface area contributed by atoms with E-state index in [1.165, 1.54) is 30.5 Å². The minimum absolute atomic E-state index is 0. The summed E-state index contributed by atoms with van der Waals surface area (Å²) in [5.74, 6) is 0.317. The molecule has 5 rings (SSSR count). The molecule has 8 nitrogen and oxygen atoms in total. The topological polar surface area (TPSA) is 122 Å². The Labute approximate surface area is 167 Å². The number of hydrogen-bond acceptors (Lipinski definition) is 7. The van der Waals surface area contributed by atoms with Crippen molar-refractivity contribution in [1.82, 2.24) is 16.3 Å². The molecule has 30 heavy (non-hydrogen) atoms. The number of halogens is 3. The van der Waals surface area contributed by atoms with E-state index in [-0.39, 0.29) is 41.6 Å². The minimum Gasteiger partial charge on any atom is -0.474 e. The summed E-state index contributed by atoms with van der Waals surface area (Å²) < 4.78 is 60.7. The number of aromatic amines is 1. The Hall–Kier alpha value is -3.47. The van der Waals surface area contributed by atoms with Crippen LogP contribution in [0.5, 0.6) is 17.4 Å². The Balaban J connectivity index is 0.00000218. The number of alkyl halides is 3. The van der Waals surface area contributed by atoms with Gasteiger partial charge in [-0.15, -0.1) is 8.78 Å². The number of fused-ring (bicyclic) bond motifs is 1. The number of ether oxygens (including phenoxy) is 3. The lowest BCUT2D eigenvalue weighted by Gasteiger charge is -2.41. The third-order valence-electron chi connectivity index (χ3n) is 4.85. The largest absolute Gasteiger partial charge is 0.586 e. The first kappa shape index (κ1) is 19.8. The maximum absolute atomic E-state index is 15.1. The number of aromatic nitrogens is 2. The molecule has 0 saturated heterocycles. The fourth-order valence-electron chi connectivity index (χ4n) is 3.40. The van der Waals surface area contributed by atoms with Gasteiger partial charge in [-0.25, -0.2) is 9.37 Å². The maximum atomic E-state index is 15.1. The first-order chi connectivity index (χ1) is 13.8. The van der Waals surface area contributed by atoms with Crippen LogP contribution in [0.4, 0.5) is 13.2 Å². The average molecular weight is 423 g/mol. The molecule has 3 aromatic rings. The summed E-state index contributed by atoms with van der Waals surface area (Å²) in [6.45, 7) is 0. The summed E-state index contributed by atoms with van der Waals surface area (Å²) in [7, 11) is 0. The molecule has 1 saturated carbocycles. The van der Waals surface area contributed by atoms with Gasteiger partial charge in [-0.2, -0.15) is 5.16 Å². The van der Waals surface area contributed by atoms with E-state index in [9.17, 15) is 13.6 Å². The number of benzene rings is 1. The zero-order valence-corrected chi connectivity index (χ0v) is 15.4. The molecular weight excluding hydrogens is 407 g/mol. The van der Waals surface area contributed by atoms with Crippen LogP contribution in [0.1, 0.15) is 18.4 Å². The second-order valence-electron chi connectivity index (χ2n) is 6.90. The first-order valence-corrected chi connectivity index (χ1v) is 8.71. The number of hydrogen-bond donors (Lipinski definition) is 2. The molecular formula is C19H16F3N3O5. The number of nitrogens with zero attached hydrogens (tertiary/aromatic N) is 1. The van der Waals surface area contributed by atoms with E-state index in [0.717, 1.165) is 0 Å². The van der Waals surface area contributed by atoms with Crippen molar-refractivity contribution in [3.05, 3.63) is 58.5 Å². The van der Waals surface area contributed by atoms with Crippen LogP contribution in [0.2, 0.25) is 0 Å². The lowest BCUT2D eigenvalue weighted by molar-refractivity contribution is -0.286. The molecule has 0 spiro atoms. The van der Waals surface area contributed by atoms with E-state index in [2.05, 4.69) is 19.6 Å². The lowest BCUT2D eigenvalue weighted by Crippen LogP contribution is -2.44. The molecule has 1 aliphatic heterocycles. The van der Waals surface area contributed by atoms with Crippen LogP contribution in [0.25, 0.3) is 11.3 Å². The van der Waals surface area contributed by atoms with E-state index in [0.29, 0.717) is 17.2 Å². The average Bonchev–Trinajstić information content (AvgIpc) is 3.21. The predicted octanol–water partition coefficient (Wildman–Crippen LogP) is 3.92. The van der Waals surface area contributed by atoms with Gasteiger partial charge in [0.25, 0.3) is 5.56 Å². The molecule has 158 valence electrons. The van der Waals surface area contributed by atoms with Crippen molar-refractivity contribution < 1.29 is 31.9 Å². The Morgan fingerprint density at radius 3 is 2.50 bits per heavy atom. The summed E-state index contributed by atoms with van der Waals surface area (Å²) in [6.07, 6.45) is -2.61. The fraction of sp³-hybridized carbons (Fsp3) is 0.263. The van der Waals surface area contributed by atoms with Crippen molar-refractivity contribution in [2.75, 3.05) is 0 Å². The van der Waals surface area contributed by atoms with Gasteiger partial charge in [0.05, 0.1) is 6.07 Å². The molecule has 2 aliphatic rings. The standard InChI is InChI=1S/C19H13F3N2O5.H3N/c20-18(11-2-3-13-15(5-11)28-19(21,22)27-13)7-12(8-18)26-17-4-1-10(9-23-17)14-6-16(25)24-29-14;/h1-6,9,12H,7-8H2,(H,24,25);1H3. The summed E-state index contributed by atoms with van der Waals surface area (Å²) in [6, 6.07) is 8.43. The molecule has 4 N–H and O–H groups in total. The third-order valence-corrected chi connectivity index (χ3v) is 4.85. The Morgan fingerprint density at radius 2 is 1.83 bits per heavy atom. The van der Waals surface area contributed by atoms with Crippen LogP contribution in [-0.2, 0) is 5.67 Å². The molecule has 0 unspecified atom stereocenters. The van der Waals surface area contributed by atoms with E-state index in [1.807, 2.05) is 0 Å². The van der Waals surface area contributed by atoms with Crippen molar-refractivity contribution >= 4 is 0 Å².